The smallest absolute Gasteiger partial charge is 0.258 e. The third-order valence-corrected chi connectivity index (χ3v) is 2.86. The number of amides is 1. The van der Waals surface area contributed by atoms with Crippen molar-refractivity contribution in [1.82, 2.24) is 0 Å². The summed E-state index contributed by atoms with van der Waals surface area (Å²) in [5.41, 5.74) is -0.634. The first-order chi connectivity index (χ1) is 9.54. The van der Waals surface area contributed by atoms with Crippen LogP contribution in [0.2, 0.25) is 5.02 Å². The second-order valence-corrected chi connectivity index (χ2v) is 4.24. The molecule has 0 saturated heterocycles. The van der Waals surface area contributed by atoms with E-state index < -0.39 is 17.5 Å². The Morgan fingerprint density at radius 1 is 1.20 bits per heavy atom. The van der Waals surface area contributed by atoms with Gasteiger partial charge in [-0.2, -0.15) is 5.26 Å². The number of benzene rings is 2. The first kappa shape index (κ1) is 14.0. The van der Waals surface area contributed by atoms with E-state index in [9.17, 15) is 13.6 Å². The molecule has 2 rings (SSSR count). The van der Waals surface area contributed by atoms with Gasteiger partial charge in [0.15, 0.2) is 5.82 Å². The van der Waals surface area contributed by atoms with Crippen LogP contribution >= 0.6 is 11.6 Å². The van der Waals surface area contributed by atoms with Gasteiger partial charge in [-0.3, -0.25) is 4.79 Å². The predicted molar refractivity (Wildman–Crippen MR) is 70.5 cm³/mol. The highest BCUT2D eigenvalue weighted by atomic mass is 35.5. The topological polar surface area (TPSA) is 52.9 Å². The maximum atomic E-state index is 13.7. The molecule has 0 saturated carbocycles. The Hall–Kier alpha value is -2.45. The van der Waals surface area contributed by atoms with E-state index in [1.807, 2.05) is 0 Å². The van der Waals surface area contributed by atoms with Crippen LogP contribution in [-0.4, -0.2) is 5.91 Å². The lowest BCUT2D eigenvalue weighted by Gasteiger charge is -2.08. The van der Waals surface area contributed by atoms with Gasteiger partial charge in [-0.1, -0.05) is 23.7 Å². The van der Waals surface area contributed by atoms with Crippen LogP contribution in [0.25, 0.3) is 0 Å². The minimum absolute atomic E-state index is 0.0307. The zero-order valence-electron chi connectivity index (χ0n) is 9.95. The van der Waals surface area contributed by atoms with Gasteiger partial charge in [0.1, 0.15) is 17.4 Å². The number of halogens is 3. The molecule has 1 amide bonds. The quantitative estimate of drug-likeness (QED) is 0.916. The predicted octanol–water partition coefficient (Wildman–Crippen LogP) is 3.74. The molecular formula is C14H7ClF2N2O. The third kappa shape index (κ3) is 2.60. The number of hydrogen-bond acceptors (Lipinski definition) is 2. The van der Waals surface area contributed by atoms with Gasteiger partial charge in [-0.15, -0.1) is 0 Å². The molecule has 0 aromatic heterocycles. The molecular weight excluding hydrogens is 286 g/mol. The molecule has 0 aliphatic heterocycles. The molecule has 0 spiro atoms. The maximum absolute atomic E-state index is 13.7. The van der Waals surface area contributed by atoms with Crippen molar-refractivity contribution in [3.05, 3.63) is 64.2 Å². The van der Waals surface area contributed by atoms with Crippen LogP contribution in [0.4, 0.5) is 14.5 Å². The van der Waals surface area contributed by atoms with Crippen LogP contribution in [0.1, 0.15) is 15.9 Å². The third-order valence-electron chi connectivity index (χ3n) is 2.57. The standard InChI is InChI=1S/C14H7ClF2N2O/c15-10-4-1-3-8(13(10)17)14(20)19-12-6-2-5-11(16)9(12)7-18/h1-6H,(H,19,20). The van der Waals surface area contributed by atoms with Gasteiger partial charge in [0.2, 0.25) is 0 Å². The lowest BCUT2D eigenvalue weighted by Crippen LogP contribution is -2.15. The maximum Gasteiger partial charge on any atom is 0.258 e. The Balaban J connectivity index is 2.36. The molecule has 0 bridgehead atoms. The summed E-state index contributed by atoms with van der Waals surface area (Å²) in [6.45, 7) is 0. The van der Waals surface area contributed by atoms with Gasteiger partial charge in [0, 0.05) is 0 Å². The highest BCUT2D eigenvalue weighted by Crippen LogP contribution is 2.21. The summed E-state index contributed by atoms with van der Waals surface area (Å²) in [4.78, 5) is 11.9. The van der Waals surface area contributed by atoms with Crippen molar-refractivity contribution in [2.24, 2.45) is 0 Å². The molecule has 2 aromatic rings. The average Bonchev–Trinajstić information content (AvgIpc) is 2.42. The molecule has 0 aliphatic carbocycles. The van der Waals surface area contributed by atoms with Crippen LogP contribution in [0.3, 0.4) is 0 Å². The van der Waals surface area contributed by atoms with E-state index in [1.54, 1.807) is 6.07 Å². The molecule has 3 nitrogen and oxygen atoms in total. The fourth-order valence-corrected chi connectivity index (χ4v) is 1.79. The second kappa shape index (κ2) is 5.68. The van der Waals surface area contributed by atoms with Gasteiger partial charge in [0.05, 0.1) is 16.3 Å². The molecule has 0 aliphatic rings. The van der Waals surface area contributed by atoms with Crippen LogP contribution in [0.15, 0.2) is 36.4 Å². The first-order valence-electron chi connectivity index (χ1n) is 5.48. The van der Waals surface area contributed by atoms with Crippen molar-refractivity contribution < 1.29 is 13.6 Å². The summed E-state index contributed by atoms with van der Waals surface area (Å²) in [6.07, 6.45) is 0. The fraction of sp³-hybridized carbons (Fsp3) is 0. The molecule has 100 valence electrons. The summed E-state index contributed by atoms with van der Waals surface area (Å²) < 4.78 is 27.1. The minimum atomic E-state index is -0.874. The average molecular weight is 293 g/mol. The number of anilines is 1. The Morgan fingerprint density at radius 2 is 1.90 bits per heavy atom. The van der Waals surface area contributed by atoms with E-state index in [1.165, 1.54) is 30.3 Å². The highest BCUT2D eigenvalue weighted by molar-refractivity contribution is 6.31. The van der Waals surface area contributed by atoms with Crippen molar-refractivity contribution in [1.29, 1.82) is 5.26 Å². The Labute approximate surface area is 118 Å². The molecule has 2 aromatic carbocycles. The van der Waals surface area contributed by atoms with Crippen molar-refractivity contribution in [2.45, 2.75) is 0 Å². The van der Waals surface area contributed by atoms with Gasteiger partial charge in [-0.25, -0.2) is 8.78 Å². The zero-order chi connectivity index (χ0) is 14.7. The summed E-state index contributed by atoms with van der Waals surface area (Å²) in [6, 6.07) is 9.37. The van der Waals surface area contributed by atoms with Crippen LogP contribution in [0, 0.1) is 23.0 Å². The van der Waals surface area contributed by atoms with Crippen LogP contribution in [-0.2, 0) is 0 Å². The normalized spacial score (nSPS) is 9.90. The lowest BCUT2D eigenvalue weighted by atomic mass is 10.1. The SMILES string of the molecule is N#Cc1c(F)cccc1NC(=O)c1cccc(Cl)c1F. The molecule has 0 unspecified atom stereocenters. The van der Waals surface area contributed by atoms with E-state index in [-0.39, 0.29) is 21.8 Å². The molecule has 20 heavy (non-hydrogen) atoms. The fourth-order valence-electron chi connectivity index (χ4n) is 1.61. The van der Waals surface area contributed by atoms with Crippen molar-refractivity contribution in [2.75, 3.05) is 5.32 Å². The number of carbonyl (C=O) groups excluding carboxylic acids is 1. The van der Waals surface area contributed by atoms with Gasteiger partial charge in [0.25, 0.3) is 5.91 Å². The summed E-state index contributed by atoms with van der Waals surface area (Å²) >= 11 is 5.58. The van der Waals surface area contributed by atoms with E-state index in [2.05, 4.69) is 5.32 Å². The molecule has 1 N–H and O–H groups in total. The summed E-state index contributed by atoms with van der Waals surface area (Å²) in [5.74, 6) is -2.45. The number of nitriles is 1. The molecule has 0 radical (unpaired) electrons. The number of hydrogen-bond donors (Lipinski definition) is 1. The van der Waals surface area contributed by atoms with E-state index in [0.717, 1.165) is 6.07 Å². The van der Waals surface area contributed by atoms with E-state index in [4.69, 9.17) is 16.9 Å². The Morgan fingerprint density at radius 3 is 2.60 bits per heavy atom. The molecule has 0 atom stereocenters. The number of nitrogens with zero attached hydrogens (tertiary/aromatic N) is 1. The van der Waals surface area contributed by atoms with Gasteiger partial charge >= 0.3 is 0 Å². The van der Waals surface area contributed by atoms with Gasteiger partial charge in [-0.05, 0) is 24.3 Å². The molecule has 0 heterocycles. The molecule has 6 heteroatoms. The lowest BCUT2D eigenvalue weighted by molar-refractivity contribution is 0.102. The van der Waals surface area contributed by atoms with Gasteiger partial charge < -0.3 is 5.32 Å². The second-order valence-electron chi connectivity index (χ2n) is 3.83. The highest BCUT2D eigenvalue weighted by Gasteiger charge is 2.16. The van der Waals surface area contributed by atoms with Crippen molar-refractivity contribution >= 4 is 23.2 Å². The summed E-state index contributed by atoms with van der Waals surface area (Å²) in [5, 5.41) is 10.9. The zero-order valence-corrected chi connectivity index (χ0v) is 10.7. The summed E-state index contributed by atoms with van der Waals surface area (Å²) in [7, 11) is 0. The van der Waals surface area contributed by atoms with Crippen molar-refractivity contribution in [3.8, 4) is 6.07 Å². The van der Waals surface area contributed by atoms with Crippen molar-refractivity contribution in [3.63, 3.8) is 0 Å². The largest absolute Gasteiger partial charge is 0.321 e. The number of carbonyl (C=O) groups is 1. The first-order valence-corrected chi connectivity index (χ1v) is 5.86. The van der Waals surface area contributed by atoms with Crippen LogP contribution < -0.4 is 5.32 Å². The number of nitrogens with one attached hydrogen (secondary N) is 1. The van der Waals surface area contributed by atoms with E-state index in [0.29, 0.717) is 0 Å². The molecule has 0 fully saturated rings. The number of rotatable bonds is 2. The van der Waals surface area contributed by atoms with E-state index >= 15 is 0 Å². The Bertz CT molecular complexity index is 726. The minimum Gasteiger partial charge on any atom is -0.321 e. The Kier molecular flexibility index (Phi) is 3.97. The van der Waals surface area contributed by atoms with Crippen LogP contribution in [0.5, 0.6) is 0 Å². The monoisotopic (exact) mass is 292 g/mol.